The quantitative estimate of drug-likeness (QED) is 0.659. The molecule has 1 fully saturated rings. The number of hydrogen-bond donors (Lipinski definition) is 0. The van der Waals surface area contributed by atoms with Crippen molar-refractivity contribution in [2.45, 2.75) is 24.9 Å². The van der Waals surface area contributed by atoms with Crippen molar-refractivity contribution >= 4 is 22.4 Å². The summed E-state index contributed by atoms with van der Waals surface area (Å²) in [5.41, 5.74) is -0.159. The van der Waals surface area contributed by atoms with Gasteiger partial charge >= 0.3 is 0 Å². The van der Waals surface area contributed by atoms with E-state index in [-0.39, 0.29) is 5.60 Å². The molecule has 1 aliphatic rings. The lowest BCUT2D eigenvalue weighted by molar-refractivity contribution is 0.0212. The topological polar surface area (TPSA) is 26.3 Å². The Morgan fingerprint density at radius 3 is 2.83 bits per heavy atom. The fourth-order valence-corrected chi connectivity index (χ4v) is 2.46. The van der Waals surface area contributed by atoms with Crippen molar-refractivity contribution in [1.29, 1.82) is 0 Å². The van der Waals surface area contributed by atoms with E-state index in [1.807, 2.05) is 0 Å². The van der Waals surface area contributed by atoms with Gasteiger partial charge in [-0.25, -0.2) is 0 Å². The Bertz CT molecular complexity index is 166. The number of ether oxygens (including phenoxy) is 1. The maximum Gasteiger partial charge on any atom is 0.0826 e. The van der Waals surface area contributed by atoms with E-state index >= 15 is 0 Å². The Hall–Kier alpha value is 0.400. The van der Waals surface area contributed by atoms with Gasteiger partial charge in [0.05, 0.1) is 11.5 Å². The van der Waals surface area contributed by atoms with Crippen molar-refractivity contribution in [1.82, 2.24) is 0 Å². The lowest BCUT2D eigenvalue weighted by Crippen LogP contribution is -2.31. The van der Waals surface area contributed by atoms with E-state index in [2.05, 4.69) is 0 Å². The summed E-state index contributed by atoms with van der Waals surface area (Å²) in [5, 5.41) is 0. The molecule has 1 aliphatic heterocycles. The van der Waals surface area contributed by atoms with E-state index in [1.165, 1.54) is 0 Å². The maximum absolute atomic E-state index is 10.9. The zero-order valence-corrected chi connectivity index (χ0v) is 8.92. The van der Waals surface area contributed by atoms with E-state index in [9.17, 15) is 4.21 Å². The average molecular weight is 211 g/mol. The molecule has 12 heavy (non-hydrogen) atoms. The smallest absolute Gasteiger partial charge is 0.0826 e. The molecule has 0 N–H and O–H groups in total. The predicted octanol–water partition coefficient (Wildman–Crippen LogP) is 1.54. The summed E-state index contributed by atoms with van der Waals surface area (Å²) in [6.07, 6.45) is 4.66. The normalized spacial score (nSPS) is 32.2. The Balaban J connectivity index is 2.39. The van der Waals surface area contributed by atoms with Crippen LogP contribution in [-0.2, 0) is 15.5 Å². The maximum atomic E-state index is 10.9. The zero-order chi connectivity index (χ0) is 9.03. The zero-order valence-electron chi connectivity index (χ0n) is 7.35. The molecule has 0 aromatic rings. The van der Waals surface area contributed by atoms with Crippen LogP contribution in [0.1, 0.15) is 19.3 Å². The second-order valence-electron chi connectivity index (χ2n) is 3.30. The molecule has 0 aromatic heterocycles. The van der Waals surface area contributed by atoms with Crippen molar-refractivity contribution in [3.05, 3.63) is 0 Å². The molecule has 1 saturated heterocycles. The molecule has 1 heterocycles. The number of halogens is 1. The monoisotopic (exact) mass is 210 g/mol. The van der Waals surface area contributed by atoms with Gasteiger partial charge in [-0.3, -0.25) is 4.21 Å². The van der Waals surface area contributed by atoms with Crippen LogP contribution in [0, 0.1) is 0 Å². The molecule has 4 heteroatoms. The fraction of sp³-hybridized carbons (Fsp3) is 1.00. The van der Waals surface area contributed by atoms with E-state index in [1.54, 1.807) is 6.26 Å². The second kappa shape index (κ2) is 4.58. The number of alkyl halides is 1. The van der Waals surface area contributed by atoms with Crippen LogP contribution < -0.4 is 0 Å². The van der Waals surface area contributed by atoms with Crippen LogP contribution in [0.2, 0.25) is 0 Å². The first kappa shape index (κ1) is 10.5. The first-order valence-electron chi connectivity index (χ1n) is 4.18. The molecule has 2 unspecified atom stereocenters. The minimum atomic E-state index is -0.728. The van der Waals surface area contributed by atoms with Crippen molar-refractivity contribution in [2.75, 3.05) is 24.5 Å². The summed E-state index contributed by atoms with van der Waals surface area (Å²) >= 11 is 5.82. The molecule has 1 rings (SSSR count). The third-order valence-electron chi connectivity index (χ3n) is 2.27. The van der Waals surface area contributed by atoms with Crippen LogP contribution in [0.15, 0.2) is 0 Å². The van der Waals surface area contributed by atoms with E-state index in [0.29, 0.717) is 11.6 Å². The highest BCUT2D eigenvalue weighted by Crippen LogP contribution is 2.30. The van der Waals surface area contributed by atoms with Crippen LogP contribution in [0.4, 0.5) is 0 Å². The molecular formula is C8H15ClO2S. The van der Waals surface area contributed by atoms with Gasteiger partial charge in [-0.05, 0) is 19.3 Å². The van der Waals surface area contributed by atoms with Crippen molar-refractivity contribution < 1.29 is 8.95 Å². The average Bonchev–Trinajstić information content (AvgIpc) is 2.50. The van der Waals surface area contributed by atoms with Crippen LogP contribution in [0.5, 0.6) is 0 Å². The summed E-state index contributed by atoms with van der Waals surface area (Å²) in [6, 6.07) is 0. The van der Waals surface area contributed by atoms with Gasteiger partial charge < -0.3 is 4.74 Å². The molecule has 0 aliphatic carbocycles. The molecule has 0 aromatic carbocycles. The van der Waals surface area contributed by atoms with Gasteiger partial charge in [0.25, 0.3) is 0 Å². The summed E-state index contributed by atoms with van der Waals surface area (Å²) in [7, 11) is -0.728. The Labute approximate surface area is 81.1 Å². The molecule has 0 radical (unpaired) electrons. The third-order valence-corrected chi connectivity index (χ3v) is 3.54. The van der Waals surface area contributed by atoms with Gasteiger partial charge in [0.1, 0.15) is 0 Å². The fourth-order valence-electron chi connectivity index (χ4n) is 1.45. The van der Waals surface area contributed by atoms with E-state index in [0.717, 1.165) is 25.9 Å². The first-order valence-corrected chi connectivity index (χ1v) is 6.45. The molecule has 0 amide bonds. The second-order valence-corrected chi connectivity index (χ2v) is 5.12. The Kier molecular flexibility index (Phi) is 4.00. The molecular weight excluding hydrogens is 196 g/mol. The Morgan fingerprint density at radius 1 is 1.67 bits per heavy atom. The lowest BCUT2D eigenvalue weighted by atomic mass is 10.00. The van der Waals surface area contributed by atoms with E-state index in [4.69, 9.17) is 16.3 Å². The van der Waals surface area contributed by atoms with Crippen LogP contribution in [0.3, 0.4) is 0 Å². The van der Waals surface area contributed by atoms with Crippen molar-refractivity contribution in [3.8, 4) is 0 Å². The largest absolute Gasteiger partial charge is 0.374 e. The van der Waals surface area contributed by atoms with E-state index < -0.39 is 10.8 Å². The predicted molar refractivity (Wildman–Crippen MR) is 52.2 cm³/mol. The minimum absolute atomic E-state index is 0.159. The summed E-state index contributed by atoms with van der Waals surface area (Å²) in [6.45, 7) is 0.809. The van der Waals surface area contributed by atoms with Gasteiger partial charge in [-0.2, -0.15) is 0 Å². The van der Waals surface area contributed by atoms with Gasteiger partial charge in [0.2, 0.25) is 0 Å². The standard InChI is InChI=1S/C8H15ClO2S/c1-12(10)6-4-8(7-9)3-2-5-11-8/h2-7H2,1H3. The number of hydrogen-bond acceptors (Lipinski definition) is 2. The highest BCUT2D eigenvalue weighted by atomic mass is 35.5. The first-order chi connectivity index (χ1) is 5.68. The van der Waals surface area contributed by atoms with Crippen LogP contribution in [-0.4, -0.2) is 34.3 Å². The van der Waals surface area contributed by atoms with Gasteiger partial charge in [-0.1, -0.05) is 0 Å². The van der Waals surface area contributed by atoms with Crippen molar-refractivity contribution in [2.24, 2.45) is 0 Å². The van der Waals surface area contributed by atoms with Gasteiger partial charge in [-0.15, -0.1) is 11.6 Å². The van der Waals surface area contributed by atoms with Crippen molar-refractivity contribution in [3.63, 3.8) is 0 Å². The molecule has 72 valence electrons. The highest BCUT2D eigenvalue weighted by molar-refractivity contribution is 7.84. The van der Waals surface area contributed by atoms with Crippen LogP contribution >= 0.6 is 11.6 Å². The summed E-state index contributed by atoms with van der Waals surface area (Å²) < 4.78 is 16.4. The molecule has 0 saturated carbocycles. The minimum Gasteiger partial charge on any atom is -0.374 e. The van der Waals surface area contributed by atoms with Crippen LogP contribution in [0.25, 0.3) is 0 Å². The SMILES string of the molecule is CS(=O)CCC1(CCl)CCCO1. The highest BCUT2D eigenvalue weighted by Gasteiger charge is 2.33. The molecule has 0 spiro atoms. The molecule has 2 atom stereocenters. The summed E-state index contributed by atoms with van der Waals surface area (Å²) in [4.78, 5) is 0. The number of rotatable bonds is 4. The molecule has 2 nitrogen and oxygen atoms in total. The Morgan fingerprint density at radius 2 is 2.42 bits per heavy atom. The summed E-state index contributed by atoms with van der Waals surface area (Å²) in [5.74, 6) is 1.23. The van der Waals surface area contributed by atoms with Gasteiger partial charge in [0, 0.05) is 29.4 Å². The van der Waals surface area contributed by atoms with Gasteiger partial charge in [0.15, 0.2) is 0 Å². The third kappa shape index (κ3) is 2.71. The molecule has 0 bridgehead atoms. The lowest BCUT2D eigenvalue weighted by Gasteiger charge is -2.24.